The van der Waals surface area contributed by atoms with Crippen molar-refractivity contribution in [3.63, 3.8) is 0 Å². The number of nitrogens with one attached hydrogen (secondary N) is 1. The van der Waals surface area contributed by atoms with Crippen molar-refractivity contribution in [2.75, 3.05) is 13.2 Å². The van der Waals surface area contributed by atoms with Crippen LogP contribution in [0.2, 0.25) is 0 Å². The van der Waals surface area contributed by atoms with Crippen molar-refractivity contribution in [1.82, 2.24) is 5.32 Å². The molecule has 0 bridgehead atoms. The van der Waals surface area contributed by atoms with Crippen molar-refractivity contribution in [1.29, 1.82) is 0 Å². The van der Waals surface area contributed by atoms with E-state index >= 15 is 0 Å². The van der Waals surface area contributed by atoms with Crippen LogP contribution in [0.15, 0.2) is 23.1 Å². The number of carbonyl (C=O) groups is 1. The minimum Gasteiger partial charge on any atom is -0.381 e. The molecule has 1 aliphatic rings. The van der Waals surface area contributed by atoms with Crippen LogP contribution in [0.4, 0.5) is 4.39 Å². The van der Waals surface area contributed by atoms with Gasteiger partial charge in [0.15, 0.2) is 0 Å². The monoisotopic (exact) mass is 321 g/mol. The molecule has 1 aromatic carbocycles. The molecule has 1 aromatic rings. The van der Waals surface area contributed by atoms with E-state index in [1.165, 1.54) is 0 Å². The maximum atomic E-state index is 13.8. The highest BCUT2D eigenvalue weighted by Gasteiger charge is 2.20. The molecule has 0 radical (unpaired) electrons. The first kappa shape index (κ1) is 15.2. The number of halogens is 2. The average molecular weight is 322 g/mol. The summed E-state index contributed by atoms with van der Waals surface area (Å²) in [4.78, 5) is 11.5. The summed E-state index contributed by atoms with van der Waals surface area (Å²) < 4.78 is 41.1. The topological polar surface area (TPSA) is 72.5 Å². The third kappa shape index (κ3) is 3.68. The molecule has 1 N–H and O–H groups in total. The van der Waals surface area contributed by atoms with Gasteiger partial charge in [-0.3, -0.25) is 4.79 Å². The van der Waals surface area contributed by atoms with Gasteiger partial charge in [-0.05, 0) is 31.0 Å². The highest BCUT2D eigenvalue weighted by molar-refractivity contribution is 8.13. The lowest BCUT2D eigenvalue weighted by Crippen LogP contribution is -2.39. The molecular formula is C12H13ClFNO4S. The Morgan fingerprint density at radius 3 is 2.55 bits per heavy atom. The van der Waals surface area contributed by atoms with Gasteiger partial charge in [-0.15, -0.1) is 0 Å². The van der Waals surface area contributed by atoms with E-state index in [1.54, 1.807) is 0 Å². The van der Waals surface area contributed by atoms with Crippen LogP contribution in [-0.2, 0) is 13.8 Å². The summed E-state index contributed by atoms with van der Waals surface area (Å²) in [5.41, 5.74) is -0.208. The van der Waals surface area contributed by atoms with E-state index in [2.05, 4.69) is 5.32 Å². The summed E-state index contributed by atoms with van der Waals surface area (Å²) in [6, 6.07) is 2.89. The molecule has 0 aliphatic carbocycles. The lowest BCUT2D eigenvalue weighted by atomic mass is 10.1. The first-order chi connectivity index (χ1) is 9.38. The molecule has 2 rings (SSSR count). The normalized spacial score (nSPS) is 16.9. The summed E-state index contributed by atoms with van der Waals surface area (Å²) in [6.07, 6.45) is 1.34. The number of ether oxygens (including phenoxy) is 1. The number of hydrogen-bond donors (Lipinski definition) is 1. The fourth-order valence-corrected chi connectivity index (χ4v) is 2.70. The summed E-state index contributed by atoms with van der Waals surface area (Å²) in [5.74, 6) is -1.50. The number of rotatable bonds is 3. The molecule has 1 aliphatic heterocycles. The predicted molar refractivity (Wildman–Crippen MR) is 70.7 cm³/mol. The van der Waals surface area contributed by atoms with E-state index in [1.807, 2.05) is 0 Å². The van der Waals surface area contributed by atoms with E-state index in [0.29, 0.717) is 26.1 Å². The molecule has 0 unspecified atom stereocenters. The van der Waals surface area contributed by atoms with Crippen LogP contribution in [0.1, 0.15) is 23.2 Å². The maximum absolute atomic E-state index is 13.8. The molecule has 20 heavy (non-hydrogen) atoms. The van der Waals surface area contributed by atoms with Gasteiger partial charge in [0.1, 0.15) is 5.82 Å². The van der Waals surface area contributed by atoms with Crippen molar-refractivity contribution in [3.05, 3.63) is 29.6 Å². The molecule has 0 saturated carbocycles. The van der Waals surface area contributed by atoms with E-state index in [0.717, 1.165) is 18.2 Å². The Bertz CT molecular complexity index is 614. The minimum absolute atomic E-state index is 0.0629. The number of amides is 1. The fraction of sp³-hybridized carbons (Fsp3) is 0.417. The molecule has 8 heteroatoms. The molecule has 1 saturated heterocycles. The fourth-order valence-electron chi connectivity index (χ4n) is 1.94. The van der Waals surface area contributed by atoms with Crippen LogP contribution in [0.25, 0.3) is 0 Å². The Morgan fingerprint density at radius 1 is 1.35 bits per heavy atom. The Kier molecular flexibility index (Phi) is 4.62. The molecule has 1 heterocycles. The van der Waals surface area contributed by atoms with Crippen molar-refractivity contribution in [2.24, 2.45) is 0 Å². The van der Waals surface area contributed by atoms with Crippen LogP contribution in [0.3, 0.4) is 0 Å². The molecule has 5 nitrogen and oxygen atoms in total. The second-order valence-corrected chi connectivity index (χ2v) is 7.01. The van der Waals surface area contributed by atoms with Crippen LogP contribution < -0.4 is 5.32 Å². The van der Waals surface area contributed by atoms with Gasteiger partial charge in [-0.2, -0.15) is 0 Å². The molecule has 110 valence electrons. The summed E-state index contributed by atoms with van der Waals surface area (Å²) in [7, 11) is 1.10. The highest BCUT2D eigenvalue weighted by Crippen LogP contribution is 2.19. The van der Waals surface area contributed by atoms with Crippen molar-refractivity contribution in [2.45, 2.75) is 23.8 Å². The second kappa shape index (κ2) is 6.07. The van der Waals surface area contributed by atoms with Gasteiger partial charge in [0, 0.05) is 29.9 Å². The third-order valence-electron chi connectivity index (χ3n) is 3.02. The summed E-state index contributed by atoms with van der Waals surface area (Å²) >= 11 is 0. The van der Waals surface area contributed by atoms with Gasteiger partial charge in [0.2, 0.25) is 0 Å². The lowest BCUT2D eigenvalue weighted by Gasteiger charge is -2.23. The Labute approximate surface area is 120 Å². The zero-order chi connectivity index (χ0) is 14.8. The lowest BCUT2D eigenvalue weighted by molar-refractivity contribution is 0.0694. The van der Waals surface area contributed by atoms with E-state index in [4.69, 9.17) is 15.4 Å². The first-order valence-corrected chi connectivity index (χ1v) is 8.31. The van der Waals surface area contributed by atoms with Crippen molar-refractivity contribution < 1.29 is 22.3 Å². The van der Waals surface area contributed by atoms with E-state index in [-0.39, 0.29) is 16.5 Å². The van der Waals surface area contributed by atoms with Gasteiger partial charge < -0.3 is 10.1 Å². The second-order valence-electron chi connectivity index (χ2n) is 4.44. The predicted octanol–water partition coefficient (Wildman–Crippen LogP) is 1.66. The van der Waals surface area contributed by atoms with Gasteiger partial charge in [0.25, 0.3) is 15.0 Å². The van der Waals surface area contributed by atoms with Crippen LogP contribution in [0.5, 0.6) is 0 Å². The Balaban J connectivity index is 2.14. The molecule has 1 fully saturated rings. The minimum atomic E-state index is -4.01. The molecular weight excluding hydrogens is 309 g/mol. The smallest absolute Gasteiger partial charge is 0.261 e. The highest BCUT2D eigenvalue weighted by atomic mass is 35.7. The maximum Gasteiger partial charge on any atom is 0.261 e. The van der Waals surface area contributed by atoms with Gasteiger partial charge in [-0.25, -0.2) is 12.8 Å². The molecule has 0 atom stereocenters. The number of benzene rings is 1. The first-order valence-electron chi connectivity index (χ1n) is 6.01. The van der Waals surface area contributed by atoms with Gasteiger partial charge in [0.05, 0.1) is 10.5 Å². The SMILES string of the molecule is O=C(NC1CCOCC1)c1ccc(S(=O)(=O)Cl)cc1F. The standard InChI is InChI=1S/C12H13ClFNO4S/c13-20(17,18)9-1-2-10(11(14)7-9)12(16)15-8-3-5-19-6-4-8/h1-2,7-8H,3-6H2,(H,15,16). The van der Waals surface area contributed by atoms with Gasteiger partial charge in [-0.1, -0.05) is 0 Å². The van der Waals surface area contributed by atoms with Crippen LogP contribution in [0, 0.1) is 5.82 Å². The number of carbonyl (C=O) groups excluding carboxylic acids is 1. The summed E-state index contributed by atoms with van der Waals surface area (Å²) in [6.45, 7) is 1.10. The zero-order valence-electron chi connectivity index (χ0n) is 10.4. The molecule has 0 aromatic heterocycles. The molecule has 1 amide bonds. The quantitative estimate of drug-likeness (QED) is 0.859. The van der Waals surface area contributed by atoms with Gasteiger partial charge >= 0.3 is 0 Å². The van der Waals surface area contributed by atoms with Crippen molar-refractivity contribution in [3.8, 4) is 0 Å². The Hall–Kier alpha value is -1.18. The zero-order valence-corrected chi connectivity index (χ0v) is 12.0. The third-order valence-corrected chi connectivity index (χ3v) is 4.37. The van der Waals surface area contributed by atoms with E-state index < -0.39 is 20.8 Å². The van der Waals surface area contributed by atoms with E-state index in [9.17, 15) is 17.6 Å². The van der Waals surface area contributed by atoms with Crippen LogP contribution >= 0.6 is 10.7 Å². The average Bonchev–Trinajstić information content (AvgIpc) is 2.38. The van der Waals surface area contributed by atoms with Crippen molar-refractivity contribution >= 4 is 25.6 Å². The van der Waals surface area contributed by atoms with Crippen LogP contribution in [-0.4, -0.2) is 33.6 Å². The number of hydrogen-bond acceptors (Lipinski definition) is 4. The largest absolute Gasteiger partial charge is 0.381 e. The Morgan fingerprint density at radius 2 is 2.00 bits per heavy atom. The molecule has 0 spiro atoms. The summed E-state index contributed by atoms with van der Waals surface area (Å²) in [5, 5.41) is 2.69.